The minimum atomic E-state index is -0.215. The van der Waals surface area contributed by atoms with Crippen LogP contribution in [0.25, 0.3) is 0 Å². The van der Waals surface area contributed by atoms with Crippen LogP contribution in [0.1, 0.15) is 16.2 Å². The zero-order chi connectivity index (χ0) is 11.4. The molecule has 1 saturated heterocycles. The minimum Gasteiger partial charge on any atom is -0.379 e. The Kier molecular flexibility index (Phi) is 3.43. The molecule has 1 aromatic heterocycles. The highest BCUT2D eigenvalue weighted by atomic mass is 16.5. The van der Waals surface area contributed by atoms with E-state index in [0.717, 1.165) is 0 Å². The van der Waals surface area contributed by atoms with E-state index in [-0.39, 0.29) is 5.91 Å². The molecule has 1 N–H and O–H groups in total. The summed E-state index contributed by atoms with van der Waals surface area (Å²) in [5, 5.41) is 1.83. The molecule has 1 aliphatic rings. The fourth-order valence-corrected chi connectivity index (χ4v) is 1.50. The first-order valence-corrected chi connectivity index (χ1v) is 5.18. The molecule has 16 heavy (non-hydrogen) atoms. The van der Waals surface area contributed by atoms with E-state index in [1.54, 1.807) is 13.1 Å². The molecule has 0 spiro atoms. The van der Waals surface area contributed by atoms with Gasteiger partial charge in [0.1, 0.15) is 0 Å². The zero-order valence-corrected chi connectivity index (χ0v) is 9.14. The third kappa shape index (κ3) is 2.53. The molecule has 0 saturated carbocycles. The number of amides is 1. The van der Waals surface area contributed by atoms with Gasteiger partial charge in [0, 0.05) is 25.5 Å². The molecule has 6 heteroatoms. The third-order valence-electron chi connectivity index (χ3n) is 2.37. The van der Waals surface area contributed by atoms with Gasteiger partial charge in [-0.15, -0.1) is 0 Å². The zero-order valence-electron chi connectivity index (χ0n) is 9.14. The van der Waals surface area contributed by atoms with Crippen molar-refractivity contribution in [1.82, 2.24) is 20.4 Å². The van der Waals surface area contributed by atoms with Crippen molar-refractivity contribution >= 4 is 5.91 Å². The van der Waals surface area contributed by atoms with Gasteiger partial charge in [-0.25, -0.2) is 9.99 Å². The van der Waals surface area contributed by atoms with Crippen LogP contribution in [0.2, 0.25) is 0 Å². The van der Waals surface area contributed by atoms with Gasteiger partial charge in [-0.05, 0) is 6.92 Å². The molecule has 1 aliphatic heterocycles. The van der Waals surface area contributed by atoms with E-state index in [1.807, 2.05) is 5.01 Å². The molecule has 1 fully saturated rings. The summed E-state index contributed by atoms with van der Waals surface area (Å²) in [6.45, 7) is 4.44. The molecule has 0 unspecified atom stereocenters. The summed E-state index contributed by atoms with van der Waals surface area (Å²) < 4.78 is 5.19. The van der Waals surface area contributed by atoms with Crippen molar-refractivity contribution in [2.24, 2.45) is 0 Å². The number of hydrogen-bond acceptors (Lipinski definition) is 5. The minimum absolute atomic E-state index is 0.215. The van der Waals surface area contributed by atoms with Gasteiger partial charge in [0.25, 0.3) is 5.91 Å². The van der Waals surface area contributed by atoms with Crippen molar-refractivity contribution in [2.75, 3.05) is 26.3 Å². The first-order chi connectivity index (χ1) is 7.77. The van der Waals surface area contributed by atoms with E-state index in [1.165, 1.54) is 6.20 Å². The first kappa shape index (κ1) is 11.0. The van der Waals surface area contributed by atoms with Crippen molar-refractivity contribution < 1.29 is 9.53 Å². The number of aryl methyl sites for hydroxylation is 1. The molecular weight excluding hydrogens is 208 g/mol. The fourth-order valence-electron chi connectivity index (χ4n) is 1.50. The van der Waals surface area contributed by atoms with Crippen LogP contribution in [-0.2, 0) is 4.74 Å². The van der Waals surface area contributed by atoms with Gasteiger partial charge in [-0.2, -0.15) is 0 Å². The van der Waals surface area contributed by atoms with E-state index in [9.17, 15) is 4.79 Å². The van der Waals surface area contributed by atoms with E-state index < -0.39 is 0 Å². The molecular formula is C10H14N4O2. The molecule has 0 aliphatic carbocycles. The number of carbonyl (C=O) groups excluding carboxylic acids is 1. The van der Waals surface area contributed by atoms with Gasteiger partial charge in [-0.1, -0.05) is 0 Å². The lowest BCUT2D eigenvalue weighted by Gasteiger charge is -2.26. The summed E-state index contributed by atoms with van der Waals surface area (Å²) in [7, 11) is 0. The monoisotopic (exact) mass is 222 g/mol. The maximum absolute atomic E-state index is 11.8. The van der Waals surface area contributed by atoms with E-state index in [0.29, 0.717) is 37.7 Å². The summed E-state index contributed by atoms with van der Waals surface area (Å²) >= 11 is 0. The SMILES string of the molecule is Cc1nccnc1C(=O)NN1CCOCC1. The Bertz CT molecular complexity index is 377. The smallest absolute Gasteiger partial charge is 0.286 e. The summed E-state index contributed by atoms with van der Waals surface area (Å²) in [4.78, 5) is 19.9. The predicted molar refractivity (Wildman–Crippen MR) is 56.6 cm³/mol. The molecule has 0 bridgehead atoms. The number of nitrogens with one attached hydrogen (secondary N) is 1. The highest BCUT2D eigenvalue weighted by Crippen LogP contribution is 2.00. The third-order valence-corrected chi connectivity index (χ3v) is 2.37. The van der Waals surface area contributed by atoms with Gasteiger partial charge >= 0.3 is 0 Å². The van der Waals surface area contributed by atoms with Crippen molar-refractivity contribution in [3.63, 3.8) is 0 Å². The van der Waals surface area contributed by atoms with Crippen molar-refractivity contribution in [3.8, 4) is 0 Å². The molecule has 1 amide bonds. The quantitative estimate of drug-likeness (QED) is 0.748. The van der Waals surface area contributed by atoms with Crippen LogP contribution in [0.3, 0.4) is 0 Å². The fraction of sp³-hybridized carbons (Fsp3) is 0.500. The van der Waals surface area contributed by atoms with E-state index >= 15 is 0 Å². The van der Waals surface area contributed by atoms with Gasteiger partial charge in [0.05, 0.1) is 18.9 Å². The summed E-state index contributed by atoms with van der Waals surface area (Å²) in [5.74, 6) is -0.215. The Balaban J connectivity index is 2.00. The number of nitrogens with zero attached hydrogens (tertiary/aromatic N) is 3. The number of hydrazine groups is 1. The van der Waals surface area contributed by atoms with E-state index in [2.05, 4.69) is 15.4 Å². The Labute approximate surface area is 93.6 Å². The number of hydrogen-bond donors (Lipinski definition) is 1. The van der Waals surface area contributed by atoms with Crippen LogP contribution in [0.4, 0.5) is 0 Å². The predicted octanol–water partition coefficient (Wildman–Crippen LogP) is -0.238. The van der Waals surface area contributed by atoms with Gasteiger partial charge in [0.15, 0.2) is 5.69 Å². The molecule has 1 aromatic rings. The number of rotatable bonds is 2. The lowest BCUT2D eigenvalue weighted by atomic mass is 10.3. The lowest BCUT2D eigenvalue weighted by molar-refractivity contribution is 0.0124. The number of aromatic nitrogens is 2. The van der Waals surface area contributed by atoms with Crippen LogP contribution < -0.4 is 5.43 Å². The second-order valence-corrected chi connectivity index (χ2v) is 3.53. The van der Waals surface area contributed by atoms with Crippen LogP contribution in [-0.4, -0.2) is 47.2 Å². The molecule has 86 valence electrons. The number of carbonyl (C=O) groups is 1. The number of morpholine rings is 1. The Morgan fingerprint density at radius 1 is 1.38 bits per heavy atom. The van der Waals surface area contributed by atoms with Crippen molar-refractivity contribution in [1.29, 1.82) is 0 Å². The van der Waals surface area contributed by atoms with E-state index in [4.69, 9.17) is 4.74 Å². The highest BCUT2D eigenvalue weighted by molar-refractivity contribution is 5.92. The Morgan fingerprint density at radius 2 is 2.06 bits per heavy atom. The molecule has 0 radical (unpaired) electrons. The molecule has 6 nitrogen and oxygen atoms in total. The standard InChI is InChI=1S/C10H14N4O2/c1-8-9(12-3-2-11-8)10(15)13-14-4-6-16-7-5-14/h2-3H,4-7H2,1H3,(H,13,15). The topological polar surface area (TPSA) is 67.4 Å². The summed E-state index contributed by atoms with van der Waals surface area (Å²) in [6, 6.07) is 0. The maximum atomic E-state index is 11.8. The summed E-state index contributed by atoms with van der Waals surface area (Å²) in [5.41, 5.74) is 3.79. The van der Waals surface area contributed by atoms with Crippen molar-refractivity contribution in [2.45, 2.75) is 6.92 Å². The Morgan fingerprint density at radius 3 is 2.75 bits per heavy atom. The van der Waals surface area contributed by atoms with Gasteiger partial charge in [-0.3, -0.25) is 15.2 Å². The molecule has 2 heterocycles. The molecule has 2 rings (SSSR count). The maximum Gasteiger partial charge on any atom is 0.286 e. The van der Waals surface area contributed by atoms with Crippen molar-refractivity contribution in [3.05, 3.63) is 23.8 Å². The van der Waals surface area contributed by atoms with Crippen LogP contribution >= 0.6 is 0 Å². The normalized spacial score (nSPS) is 17.1. The average molecular weight is 222 g/mol. The largest absolute Gasteiger partial charge is 0.379 e. The average Bonchev–Trinajstić information content (AvgIpc) is 2.31. The highest BCUT2D eigenvalue weighted by Gasteiger charge is 2.16. The van der Waals surface area contributed by atoms with Gasteiger partial charge in [0.2, 0.25) is 0 Å². The van der Waals surface area contributed by atoms with Crippen LogP contribution in [0.15, 0.2) is 12.4 Å². The lowest BCUT2D eigenvalue weighted by Crippen LogP contribution is -2.48. The Hall–Kier alpha value is -1.53. The first-order valence-electron chi connectivity index (χ1n) is 5.18. The second-order valence-electron chi connectivity index (χ2n) is 3.53. The van der Waals surface area contributed by atoms with Crippen LogP contribution in [0.5, 0.6) is 0 Å². The molecule has 0 atom stereocenters. The molecule has 0 aromatic carbocycles. The van der Waals surface area contributed by atoms with Crippen LogP contribution in [0, 0.1) is 6.92 Å². The van der Waals surface area contributed by atoms with Gasteiger partial charge < -0.3 is 4.74 Å². The second kappa shape index (κ2) is 5.00. The number of ether oxygens (including phenoxy) is 1. The summed E-state index contributed by atoms with van der Waals surface area (Å²) in [6.07, 6.45) is 3.09.